The number of hydrogen-bond acceptors (Lipinski definition) is 3. The summed E-state index contributed by atoms with van der Waals surface area (Å²) in [7, 11) is 0. The van der Waals surface area contributed by atoms with Crippen molar-refractivity contribution >= 4 is 11.6 Å². The second-order valence-electron chi connectivity index (χ2n) is 6.12. The maximum atomic E-state index is 12.8. The summed E-state index contributed by atoms with van der Waals surface area (Å²) in [5.41, 5.74) is 9.28. The summed E-state index contributed by atoms with van der Waals surface area (Å²) in [6.07, 6.45) is 5.96. The fraction of sp³-hybridized carbons (Fsp3) is 0.412. The zero-order valence-electron chi connectivity index (χ0n) is 13.1. The molecule has 2 heterocycles. The van der Waals surface area contributed by atoms with Crippen molar-refractivity contribution in [3.8, 4) is 0 Å². The van der Waals surface area contributed by atoms with E-state index in [1.54, 1.807) is 6.07 Å². The Hall–Kier alpha value is -2.30. The largest absolute Gasteiger partial charge is 0.399 e. The Labute approximate surface area is 130 Å². The van der Waals surface area contributed by atoms with Gasteiger partial charge in [0.15, 0.2) is 0 Å². The van der Waals surface area contributed by atoms with Crippen LogP contribution < -0.4 is 5.73 Å². The molecule has 1 aromatic carbocycles. The van der Waals surface area contributed by atoms with E-state index in [0.717, 1.165) is 30.5 Å². The third-order valence-electron chi connectivity index (χ3n) is 4.28. The van der Waals surface area contributed by atoms with Crippen molar-refractivity contribution in [2.75, 3.05) is 18.8 Å². The van der Waals surface area contributed by atoms with Crippen LogP contribution in [0.3, 0.4) is 0 Å². The van der Waals surface area contributed by atoms with Crippen molar-refractivity contribution in [3.63, 3.8) is 0 Å². The number of amides is 1. The van der Waals surface area contributed by atoms with Gasteiger partial charge in [-0.25, -0.2) is 0 Å². The van der Waals surface area contributed by atoms with Gasteiger partial charge in [-0.05, 0) is 49.9 Å². The van der Waals surface area contributed by atoms with Crippen molar-refractivity contribution in [2.24, 2.45) is 0 Å². The van der Waals surface area contributed by atoms with Crippen LogP contribution in [0.2, 0.25) is 0 Å². The molecule has 3 rings (SSSR count). The monoisotopic (exact) mass is 298 g/mol. The van der Waals surface area contributed by atoms with Crippen LogP contribution in [-0.2, 0) is 0 Å². The number of piperidine rings is 1. The Balaban J connectivity index is 1.79. The zero-order chi connectivity index (χ0) is 15.7. The third kappa shape index (κ3) is 2.84. The number of benzene rings is 1. The van der Waals surface area contributed by atoms with Crippen molar-refractivity contribution in [3.05, 3.63) is 47.3 Å². The van der Waals surface area contributed by atoms with E-state index in [1.165, 1.54) is 0 Å². The number of nitrogens with two attached hydrogens (primary N) is 1. The number of likely N-dealkylation sites (tertiary alicyclic amines) is 1. The average molecular weight is 298 g/mol. The van der Waals surface area contributed by atoms with E-state index < -0.39 is 0 Å². The summed E-state index contributed by atoms with van der Waals surface area (Å²) < 4.78 is 1.99. The lowest BCUT2D eigenvalue weighted by Gasteiger charge is -2.33. The minimum Gasteiger partial charge on any atom is -0.399 e. The van der Waals surface area contributed by atoms with Crippen LogP contribution in [-0.4, -0.2) is 33.7 Å². The molecule has 116 valence electrons. The highest BCUT2D eigenvalue weighted by Gasteiger charge is 2.26. The minimum atomic E-state index is 0.0679. The summed E-state index contributed by atoms with van der Waals surface area (Å²) in [6, 6.07) is 5.77. The molecule has 22 heavy (non-hydrogen) atoms. The van der Waals surface area contributed by atoms with Gasteiger partial charge in [0.05, 0.1) is 12.2 Å². The maximum absolute atomic E-state index is 12.8. The fourth-order valence-electron chi connectivity index (χ4n) is 3.03. The Morgan fingerprint density at radius 2 is 2.18 bits per heavy atom. The van der Waals surface area contributed by atoms with Crippen molar-refractivity contribution in [2.45, 2.75) is 32.7 Å². The number of carbonyl (C=O) groups excluding carboxylic acids is 1. The molecule has 5 heteroatoms. The van der Waals surface area contributed by atoms with Gasteiger partial charge in [-0.15, -0.1) is 0 Å². The quantitative estimate of drug-likeness (QED) is 0.867. The first kappa shape index (κ1) is 14.6. The Kier molecular flexibility index (Phi) is 3.88. The van der Waals surface area contributed by atoms with Gasteiger partial charge in [-0.1, -0.05) is 6.07 Å². The molecule has 0 bridgehead atoms. The second kappa shape index (κ2) is 5.83. The number of nitrogens with zero attached hydrogens (tertiary/aromatic N) is 3. The molecule has 1 amide bonds. The van der Waals surface area contributed by atoms with Crippen LogP contribution in [0.4, 0.5) is 5.69 Å². The molecular formula is C17H22N4O. The van der Waals surface area contributed by atoms with Gasteiger partial charge >= 0.3 is 0 Å². The van der Waals surface area contributed by atoms with E-state index >= 15 is 0 Å². The molecule has 1 aliphatic rings. The first-order valence-corrected chi connectivity index (χ1v) is 7.71. The third-order valence-corrected chi connectivity index (χ3v) is 4.28. The van der Waals surface area contributed by atoms with E-state index in [2.05, 4.69) is 5.10 Å². The van der Waals surface area contributed by atoms with Crippen molar-refractivity contribution < 1.29 is 4.79 Å². The molecule has 1 aliphatic heterocycles. The summed E-state index contributed by atoms with van der Waals surface area (Å²) in [5, 5.41) is 4.40. The van der Waals surface area contributed by atoms with Crippen molar-refractivity contribution in [1.82, 2.24) is 14.7 Å². The molecule has 0 saturated carbocycles. The van der Waals surface area contributed by atoms with E-state index in [4.69, 9.17) is 5.73 Å². The molecule has 1 aromatic heterocycles. The number of nitrogen functional groups attached to an aromatic ring is 1. The number of aromatic nitrogens is 2. The van der Waals surface area contributed by atoms with Gasteiger partial charge in [0.25, 0.3) is 5.91 Å². The smallest absolute Gasteiger partial charge is 0.254 e. The van der Waals surface area contributed by atoms with Crippen LogP contribution in [0.25, 0.3) is 0 Å². The molecule has 2 N–H and O–H groups in total. The summed E-state index contributed by atoms with van der Waals surface area (Å²) in [5.74, 6) is 0.0679. The normalized spacial score (nSPS) is 18.5. The lowest BCUT2D eigenvalue weighted by atomic mass is 10.0. The minimum absolute atomic E-state index is 0.0679. The predicted molar refractivity (Wildman–Crippen MR) is 86.7 cm³/mol. The van der Waals surface area contributed by atoms with E-state index in [-0.39, 0.29) is 11.9 Å². The number of anilines is 1. The zero-order valence-corrected chi connectivity index (χ0v) is 13.1. The number of carbonyl (C=O) groups is 1. The van der Waals surface area contributed by atoms with Crippen LogP contribution in [0, 0.1) is 13.8 Å². The second-order valence-corrected chi connectivity index (χ2v) is 6.12. The molecule has 1 fully saturated rings. The molecule has 0 spiro atoms. The molecule has 1 atom stereocenters. The topological polar surface area (TPSA) is 64.2 Å². The van der Waals surface area contributed by atoms with Gasteiger partial charge in [0, 0.05) is 30.5 Å². The Morgan fingerprint density at radius 3 is 2.91 bits per heavy atom. The Bertz CT molecular complexity index is 692. The SMILES string of the molecule is Cc1cnn(C2CCCN(C(=O)c3cc(N)ccc3C)C2)c1. The fourth-order valence-corrected chi connectivity index (χ4v) is 3.03. The average Bonchev–Trinajstić information content (AvgIpc) is 2.96. The summed E-state index contributed by atoms with van der Waals surface area (Å²) in [6.45, 7) is 5.48. The van der Waals surface area contributed by atoms with Gasteiger partial charge in [0.2, 0.25) is 0 Å². The predicted octanol–water partition coefficient (Wildman–Crippen LogP) is 2.56. The summed E-state index contributed by atoms with van der Waals surface area (Å²) in [4.78, 5) is 14.7. The van der Waals surface area contributed by atoms with Gasteiger partial charge < -0.3 is 10.6 Å². The molecule has 1 unspecified atom stereocenters. The van der Waals surface area contributed by atoms with Crippen LogP contribution >= 0.6 is 0 Å². The number of aryl methyl sites for hydroxylation is 2. The molecule has 0 aliphatic carbocycles. The number of hydrogen-bond donors (Lipinski definition) is 1. The van der Waals surface area contributed by atoms with Crippen LogP contribution in [0.5, 0.6) is 0 Å². The summed E-state index contributed by atoms with van der Waals surface area (Å²) >= 11 is 0. The number of rotatable bonds is 2. The lowest BCUT2D eigenvalue weighted by molar-refractivity contribution is 0.0672. The molecule has 5 nitrogen and oxygen atoms in total. The highest BCUT2D eigenvalue weighted by molar-refractivity contribution is 5.96. The van der Waals surface area contributed by atoms with Gasteiger partial charge in [0.1, 0.15) is 0 Å². The van der Waals surface area contributed by atoms with E-state index in [9.17, 15) is 4.79 Å². The first-order chi connectivity index (χ1) is 10.5. The van der Waals surface area contributed by atoms with Crippen molar-refractivity contribution in [1.29, 1.82) is 0 Å². The lowest BCUT2D eigenvalue weighted by Crippen LogP contribution is -2.41. The highest BCUT2D eigenvalue weighted by atomic mass is 16.2. The Morgan fingerprint density at radius 1 is 1.36 bits per heavy atom. The van der Waals surface area contributed by atoms with Crippen LogP contribution in [0.1, 0.15) is 40.4 Å². The molecular weight excluding hydrogens is 276 g/mol. The first-order valence-electron chi connectivity index (χ1n) is 7.71. The standard InChI is InChI=1S/C17H22N4O/c1-12-9-19-21(10-12)15-4-3-7-20(11-15)17(22)16-8-14(18)6-5-13(16)2/h5-6,8-10,15H,3-4,7,11,18H2,1-2H3. The van der Waals surface area contributed by atoms with E-state index in [1.807, 2.05) is 48.0 Å². The van der Waals surface area contributed by atoms with Gasteiger partial charge in [-0.3, -0.25) is 9.48 Å². The maximum Gasteiger partial charge on any atom is 0.254 e. The van der Waals surface area contributed by atoms with Crippen LogP contribution in [0.15, 0.2) is 30.6 Å². The molecule has 1 saturated heterocycles. The highest BCUT2D eigenvalue weighted by Crippen LogP contribution is 2.24. The van der Waals surface area contributed by atoms with E-state index in [0.29, 0.717) is 17.8 Å². The molecule has 2 aromatic rings. The molecule has 0 radical (unpaired) electrons. The van der Waals surface area contributed by atoms with Gasteiger partial charge in [-0.2, -0.15) is 5.10 Å².